The second-order valence-corrected chi connectivity index (χ2v) is 3.80. The molecule has 1 saturated heterocycles. The first kappa shape index (κ1) is 8.38. The van der Waals surface area contributed by atoms with Gasteiger partial charge in [-0.15, -0.1) is 0 Å². The summed E-state index contributed by atoms with van der Waals surface area (Å²) in [5, 5.41) is 0. The van der Waals surface area contributed by atoms with Crippen LogP contribution in [0.25, 0.3) is 0 Å². The summed E-state index contributed by atoms with van der Waals surface area (Å²) in [6.07, 6.45) is 4.95. The third kappa shape index (κ3) is 1.09. The lowest BCUT2D eigenvalue weighted by Gasteiger charge is -2.32. The third-order valence-electron chi connectivity index (χ3n) is 2.97. The molecule has 2 aliphatic rings. The van der Waals surface area contributed by atoms with Gasteiger partial charge in [0, 0.05) is 23.9 Å². The van der Waals surface area contributed by atoms with Gasteiger partial charge in [-0.25, -0.2) is 0 Å². The Bertz CT molecular complexity index is 345. The number of aryl methyl sites for hydroxylation is 1. The number of hydrogen-bond acceptors (Lipinski definition) is 3. The van der Waals surface area contributed by atoms with E-state index < -0.39 is 5.79 Å². The molecule has 14 heavy (non-hydrogen) atoms. The van der Waals surface area contributed by atoms with Crippen LogP contribution in [-0.2, 0) is 21.7 Å². The maximum Gasteiger partial charge on any atom is 0.196 e. The molecule has 3 nitrogen and oxygen atoms in total. The monoisotopic (exact) mass is 191 g/mol. The Labute approximate surface area is 83.1 Å². The highest BCUT2D eigenvalue weighted by Crippen LogP contribution is 2.40. The highest BCUT2D eigenvalue weighted by Gasteiger charge is 2.42. The van der Waals surface area contributed by atoms with Gasteiger partial charge >= 0.3 is 0 Å². The molecular weight excluding hydrogens is 178 g/mol. The van der Waals surface area contributed by atoms with Crippen LogP contribution in [0.4, 0.5) is 0 Å². The Hall–Kier alpha value is -0.930. The van der Waals surface area contributed by atoms with Gasteiger partial charge in [-0.2, -0.15) is 0 Å². The molecule has 1 aliphatic heterocycles. The van der Waals surface area contributed by atoms with E-state index in [0.717, 1.165) is 30.5 Å². The third-order valence-corrected chi connectivity index (χ3v) is 2.97. The van der Waals surface area contributed by atoms with Crippen LogP contribution in [-0.4, -0.2) is 18.2 Å². The topological polar surface area (TPSA) is 31.4 Å². The van der Waals surface area contributed by atoms with Crippen LogP contribution >= 0.6 is 0 Å². The minimum atomic E-state index is -0.457. The van der Waals surface area contributed by atoms with Gasteiger partial charge in [0.1, 0.15) is 0 Å². The standard InChI is InChI=1S/C11H13NO2/c1-4-10-9(3-2-6-12-10)11(5-1)13-7-8-14-11/h2-3,6H,1,4-5,7-8H2. The Morgan fingerprint density at radius 1 is 1.29 bits per heavy atom. The van der Waals surface area contributed by atoms with Crippen molar-refractivity contribution in [2.24, 2.45) is 0 Å². The lowest BCUT2D eigenvalue weighted by atomic mass is 9.90. The molecule has 1 aromatic heterocycles. The first-order valence-electron chi connectivity index (χ1n) is 5.13. The Morgan fingerprint density at radius 2 is 2.14 bits per heavy atom. The van der Waals surface area contributed by atoms with Crippen LogP contribution in [0.15, 0.2) is 18.3 Å². The number of nitrogens with zero attached hydrogens (tertiary/aromatic N) is 1. The van der Waals surface area contributed by atoms with Crippen molar-refractivity contribution in [3.8, 4) is 0 Å². The van der Waals surface area contributed by atoms with Gasteiger partial charge in [0.25, 0.3) is 0 Å². The minimum Gasteiger partial charge on any atom is -0.343 e. The predicted octanol–water partition coefficient (Wildman–Crippen LogP) is 1.62. The smallest absolute Gasteiger partial charge is 0.196 e. The zero-order valence-electron chi connectivity index (χ0n) is 8.03. The first-order valence-corrected chi connectivity index (χ1v) is 5.13. The van der Waals surface area contributed by atoms with E-state index in [1.165, 1.54) is 0 Å². The molecule has 1 aliphatic carbocycles. The fourth-order valence-electron chi connectivity index (χ4n) is 2.36. The molecule has 3 heteroatoms. The predicted molar refractivity (Wildman–Crippen MR) is 50.8 cm³/mol. The van der Waals surface area contributed by atoms with Crippen molar-refractivity contribution in [3.63, 3.8) is 0 Å². The van der Waals surface area contributed by atoms with E-state index in [0.29, 0.717) is 13.2 Å². The Kier molecular flexibility index (Phi) is 1.82. The van der Waals surface area contributed by atoms with Gasteiger partial charge in [-0.05, 0) is 18.9 Å². The molecule has 0 N–H and O–H groups in total. The van der Waals surface area contributed by atoms with E-state index in [1.54, 1.807) is 0 Å². The fraction of sp³-hybridized carbons (Fsp3) is 0.545. The number of aromatic nitrogens is 1. The summed E-state index contributed by atoms with van der Waals surface area (Å²) < 4.78 is 11.5. The molecule has 1 fully saturated rings. The average molecular weight is 191 g/mol. The molecule has 0 radical (unpaired) electrons. The molecule has 74 valence electrons. The maximum absolute atomic E-state index is 5.75. The lowest BCUT2D eigenvalue weighted by Crippen LogP contribution is -2.32. The molecule has 0 atom stereocenters. The van der Waals surface area contributed by atoms with E-state index >= 15 is 0 Å². The molecule has 3 rings (SSSR count). The number of fused-ring (bicyclic) bond motifs is 2. The first-order chi connectivity index (χ1) is 6.91. The molecular formula is C11H13NO2. The van der Waals surface area contributed by atoms with Crippen LogP contribution in [0.1, 0.15) is 24.1 Å². The van der Waals surface area contributed by atoms with Gasteiger partial charge in [-0.3, -0.25) is 4.98 Å². The number of pyridine rings is 1. The zero-order valence-corrected chi connectivity index (χ0v) is 8.03. The molecule has 1 spiro atoms. The molecule has 2 heterocycles. The molecule has 0 aromatic carbocycles. The largest absolute Gasteiger partial charge is 0.343 e. The molecule has 0 saturated carbocycles. The second-order valence-electron chi connectivity index (χ2n) is 3.80. The van der Waals surface area contributed by atoms with E-state index in [2.05, 4.69) is 11.1 Å². The molecule has 0 amide bonds. The summed E-state index contributed by atoms with van der Waals surface area (Å²) in [6.45, 7) is 1.41. The van der Waals surface area contributed by atoms with Gasteiger partial charge < -0.3 is 9.47 Å². The van der Waals surface area contributed by atoms with Crippen LogP contribution in [0.5, 0.6) is 0 Å². The van der Waals surface area contributed by atoms with E-state index in [4.69, 9.17) is 9.47 Å². The average Bonchev–Trinajstić information content (AvgIpc) is 2.68. The van der Waals surface area contributed by atoms with Gasteiger partial charge in [0.15, 0.2) is 5.79 Å². The minimum absolute atomic E-state index is 0.457. The van der Waals surface area contributed by atoms with Crippen molar-refractivity contribution in [1.29, 1.82) is 0 Å². The highest BCUT2D eigenvalue weighted by molar-refractivity contribution is 5.28. The highest BCUT2D eigenvalue weighted by atomic mass is 16.7. The SMILES string of the molecule is c1cnc2c(c1)C1(CCC2)OCCO1. The van der Waals surface area contributed by atoms with Crippen molar-refractivity contribution >= 4 is 0 Å². The van der Waals surface area contributed by atoms with Gasteiger partial charge in [0.2, 0.25) is 0 Å². The van der Waals surface area contributed by atoms with Crippen molar-refractivity contribution < 1.29 is 9.47 Å². The summed E-state index contributed by atoms with van der Waals surface area (Å²) in [5.74, 6) is -0.457. The van der Waals surface area contributed by atoms with Crippen LogP contribution in [0.2, 0.25) is 0 Å². The zero-order chi connectivity index (χ0) is 9.43. The van der Waals surface area contributed by atoms with Crippen LogP contribution in [0, 0.1) is 0 Å². The number of hydrogen-bond donors (Lipinski definition) is 0. The normalized spacial score (nSPS) is 23.7. The van der Waals surface area contributed by atoms with E-state index in [9.17, 15) is 0 Å². The molecule has 0 bridgehead atoms. The molecule has 1 aromatic rings. The summed E-state index contributed by atoms with van der Waals surface area (Å²) in [7, 11) is 0. The summed E-state index contributed by atoms with van der Waals surface area (Å²) in [5.41, 5.74) is 2.28. The fourth-order valence-corrected chi connectivity index (χ4v) is 2.36. The van der Waals surface area contributed by atoms with E-state index in [1.807, 2.05) is 12.3 Å². The van der Waals surface area contributed by atoms with Crippen molar-refractivity contribution in [3.05, 3.63) is 29.6 Å². The quantitative estimate of drug-likeness (QED) is 0.624. The van der Waals surface area contributed by atoms with E-state index in [-0.39, 0.29) is 0 Å². The van der Waals surface area contributed by atoms with Crippen LogP contribution < -0.4 is 0 Å². The van der Waals surface area contributed by atoms with Crippen molar-refractivity contribution in [2.75, 3.05) is 13.2 Å². The number of ether oxygens (including phenoxy) is 2. The second kappa shape index (κ2) is 3.04. The van der Waals surface area contributed by atoms with Crippen molar-refractivity contribution in [2.45, 2.75) is 25.0 Å². The Balaban J connectivity index is 2.10. The van der Waals surface area contributed by atoms with Gasteiger partial charge in [-0.1, -0.05) is 6.07 Å². The lowest BCUT2D eigenvalue weighted by molar-refractivity contribution is -0.175. The van der Waals surface area contributed by atoms with Gasteiger partial charge in [0.05, 0.1) is 13.2 Å². The van der Waals surface area contributed by atoms with Crippen molar-refractivity contribution in [1.82, 2.24) is 4.98 Å². The summed E-state index contributed by atoms with van der Waals surface area (Å²) in [6, 6.07) is 4.03. The number of rotatable bonds is 0. The summed E-state index contributed by atoms with van der Waals surface area (Å²) >= 11 is 0. The Morgan fingerprint density at radius 3 is 3.00 bits per heavy atom. The maximum atomic E-state index is 5.75. The van der Waals surface area contributed by atoms with Crippen LogP contribution in [0.3, 0.4) is 0 Å². The summed E-state index contributed by atoms with van der Waals surface area (Å²) in [4.78, 5) is 4.38. The molecule has 0 unspecified atom stereocenters.